The molecule has 1 unspecified atom stereocenters. The summed E-state index contributed by atoms with van der Waals surface area (Å²) in [5.41, 5.74) is 6.47. The maximum atomic E-state index is 9.64. The molecule has 1 fully saturated rings. The van der Waals surface area contributed by atoms with Crippen LogP contribution in [0.5, 0.6) is 5.88 Å². The van der Waals surface area contributed by atoms with Gasteiger partial charge in [0.2, 0.25) is 5.88 Å². The van der Waals surface area contributed by atoms with E-state index in [-0.39, 0.29) is 6.10 Å². The molecule has 1 aliphatic rings. The van der Waals surface area contributed by atoms with Crippen molar-refractivity contribution < 1.29 is 9.84 Å². The van der Waals surface area contributed by atoms with Crippen LogP contribution in [0.25, 0.3) is 0 Å². The molecule has 0 amide bonds. The summed E-state index contributed by atoms with van der Waals surface area (Å²) in [6.07, 6.45) is 2.70. The van der Waals surface area contributed by atoms with E-state index in [9.17, 15) is 5.11 Å². The van der Waals surface area contributed by atoms with Crippen LogP contribution in [0.2, 0.25) is 0 Å². The van der Waals surface area contributed by atoms with Gasteiger partial charge in [0, 0.05) is 13.1 Å². The first-order valence-corrected chi connectivity index (χ1v) is 7.44. The van der Waals surface area contributed by atoms with Gasteiger partial charge >= 0.3 is 0 Å². The molecule has 0 aromatic carbocycles. The smallest absolute Gasteiger partial charge is 0.239 e. The van der Waals surface area contributed by atoms with Crippen molar-refractivity contribution in [3.05, 3.63) is 12.1 Å². The lowest BCUT2D eigenvalue weighted by Gasteiger charge is -2.34. The number of aliphatic hydroxyl groups is 1. The summed E-state index contributed by atoms with van der Waals surface area (Å²) >= 11 is 0. The van der Waals surface area contributed by atoms with Crippen LogP contribution in [0.3, 0.4) is 0 Å². The van der Waals surface area contributed by atoms with Crippen LogP contribution >= 0.6 is 0 Å². The van der Waals surface area contributed by atoms with Crippen LogP contribution in [0.1, 0.15) is 33.1 Å². The molecule has 0 bridgehead atoms. The van der Waals surface area contributed by atoms with Gasteiger partial charge in [-0.15, -0.1) is 0 Å². The molecule has 1 atom stereocenters. The first-order chi connectivity index (χ1) is 9.61. The molecule has 0 aliphatic carbocycles. The summed E-state index contributed by atoms with van der Waals surface area (Å²) in [6.45, 7) is 6.39. The summed E-state index contributed by atoms with van der Waals surface area (Å²) in [5, 5.41) is 9.64. The molecule has 1 saturated heterocycles. The number of hydrogen-bond acceptors (Lipinski definition) is 5. The second-order valence-electron chi connectivity index (χ2n) is 5.48. The zero-order chi connectivity index (χ0) is 14.5. The maximum Gasteiger partial charge on any atom is 0.239 e. The van der Waals surface area contributed by atoms with Crippen LogP contribution in [0, 0.1) is 5.92 Å². The van der Waals surface area contributed by atoms with Gasteiger partial charge in [0.1, 0.15) is 5.82 Å². The lowest BCUT2D eigenvalue weighted by atomic mass is 9.92. The number of pyridine rings is 1. The van der Waals surface area contributed by atoms with Gasteiger partial charge in [-0.25, -0.2) is 0 Å². The molecule has 20 heavy (non-hydrogen) atoms. The average Bonchev–Trinajstić information content (AvgIpc) is 2.46. The van der Waals surface area contributed by atoms with Gasteiger partial charge in [0.15, 0.2) is 0 Å². The van der Waals surface area contributed by atoms with E-state index in [1.165, 1.54) is 0 Å². The predicted octanol–water partition coefficient (Wildman–Crippen LogP) is 2.05. The van der Waals surface area contributed by atoms with Crippen LogP contribution < -0.4 is 15.4 Å². The standard InChI is InChI=1S/C15H25N3O2/c1-3-10-20-15-13(16)4-5-14(17-15)18-8-6-12(7-9-18)11(2)19/h4-5,11-12,19H,3,6-10,16H2,1-2H3. The van der Waals surface area contributed by atoms with E-state index in [0.717, 1.165) is 38.2 Å². The Morgan fingerprint density at radius 1 is 1.45 bits per heavy atom. The minimum absolute atomic E-state index is 0.222. The Labute approximate surface area is 120 Å². The van der Waals surface area contributed by atoms with Gasteiger partial charge < -0.3 is 20.5 Å². The highest BCUT2D eigenvalue weighted by Crippen LogP contribution is 2.27. The van der Waals surface area contributed by atoms with Crippen LogP contribution in [0.4, 0.5) is 11.5 Å². The molecule has 1 aliphatic heterocycles. The topological polar surface area (TPSA) is 71.6 Å². The molecule has 1 aromatic rings. The highest BCUT2D eigenvalue weighted by Gasteiger charge is 2.23. The fourth-order valence-corrected chi connectivity index (χ4v) is 2.54. The fraction of sp³-hybridized carbons (Fsp3) is 0.667. The molecular weight excluding hydrogens is 254 g/mol. The third-order valence-electron chi connectivity index (χ3n) is 3.86. The largest absolute Gasteiger partial charge is 0.476 e. The lowest BCUT2D eigenvalue weighted by Crippen LogP contribution is -2.37. The first kappa shape index (κ1) is 14.9. The third-order valence-corrected chi connectivity index (χ3v) is 3.86. The third kappa shape index (κ3) is 3.54. The highest BCUT2D eigenvalue weighted by atomic mass is 16.5. The Kier molecular flexibility index (Phi) is 5.06. The Balaban J connectivity index is 2.02. The number of anilines is 2. The van der Waals surface area contributed by atoms with Crippen molar-refractivity contribution in [2.24, 2.45) is 5.92 Å². The maximum absolute atomic E-state index is 9.64. The second-order valence-corrected chi connectivity index (χ2v) is 5.48. The van der Waals surface area contributed by atoms with Gasteiger partial charge in [0.05, 0.1) is 18.4 Å². The van der Waals surface area contributed by atoms with Gasteiger partial charge in [-0.05, 0) is 44.2 Å². The van der Waals surface area contributed by atoms with Crippen molar-refractivity contribution in [3.63, 3.8) is 0 Å². The number of piperidine rings is 1. The minimum atomic E-state index is -0.222. The molecule has 5 heteroatoms. The van der Waals surface area contributed by atoms with E-state index < -0.39 is 0 Å². The number of nitrogen functional groups attached to an aromatic ring is 1. The van der Waals surface area contributed by atoms with E-state index in [0.29, 0.717) is 24.1 Å². The van der Waals surface area contributed by atoms with Crippen molar-refractivity contribution in [2.45, 2.75) is 39.2 Å². The lowest BCUT2D eigenvalue weighted by molar-refractivity contribution is 0.109. The van der Waals surface area contributed by atoms with Crippen molar-refractivity contribution in [1.29, 1.82) is 0 Å². The van der Waals surface area contributed by atoms with Crippen LogP contribution in [-0.4, -0.2) is 35.9 Å². The number of rotatable bonds is 5. The number of aliphatic hydroxyl groups excluding tert-OH is 1. The zero-order valence-electron chi connectivity index (χ0n) is 12.4. The van der Waals surface area contributed by atoms with E-state index in [1.807, 2.05) is 19.1 Å². The second kappa shape index (κ2) is 6.79. The summed E-state index contributed by atoms with van der Waals surface area (Å²) in [4.78, 5) is 6.75. The number of aromatic nitrogens is 1. The van der Waals surface area contributed by atoms with Crippen molar-refractivity contribution in [1.82, 2.24) is 4.98 Å². The first-order valence-electron chi connectivity index (χ1n) is 7.44. The summed E-state index contributed by atoms with van der Waals surface area (Å²) in [6, 6.07) is 3.80. The number of nitrogens with zero attached hydrogens (tertiary/aromatic N) is 2. The van der Waals surface area contributed by atoms with Crippen molar-refractivity contribution in [2.75, 3.05) is 30.3 Å². The number of nitrogens with two attached hydrogens (primary N) is 1. The molecule has 0 radical (unpaired) electrons. The molecule has 0 saturated carbocycles. The van der Waals surface area contributed by atoms with E-state index in [1.54, 1.807) is 0 Å². The molecule has 112 valence electrons. The van der Waals surface area contributed by atoms with E-state index in [2.05, 4.69) is 16.8 Å². The van der Waals surface area contributed by atoms with E-state index >= 15 is 0 Å². The quantitative estimate of drug-likeness (QED) is 0.863. The molecule has 1 aromatic heterocycles. The summed E-state index contributed by atoms with van der Waals surface area (Å²) in [7, 11) is 0. The van der Waals surface area contributed by atoms with Gasteiger partial charge in [-0.3, -0.25) is 0 Å². The SMILES string of the molecule is CCCOc1nc(N2CCC(C(C)O)CC2)ccc1N. The van der Waals surface area contributed by atoms with Gasteiger partial charge in [0.25, 0.3) is 0 Å². The van der Waals surface area contributed by atoms with Crippen molar-refractivity contribution in [3.8, 4) is 5.88 Å². The highest BCUT2D eigenvalue weighted by molar-refractivity contribution is 5.54. The molecule has 3 N–H and O–H groups in total. The van der Waals surface area contributed by atoms with Gasteiger partial charge in [-0.1, -0.05) is 6.92 Å². The monoisotopic (exact) mass is 279 g/mol. The predicted molar refractivity (Wildman–Crippen MR) is 81.1 cm³/mol. The van der Waals surface area contributed by atoms with Crippen LogP contribution in [-0.2, 0) is 0 Å². The number of ether oxygens (including phenoxy) is 1. The summed E-state index contributed by atoms with van der Waals surface area (Å²) < 4.78 is 5.57. The van der Waals surface area contributed by atoms with Gasteiger partial charge in [-0.2, -0.15) is 4.98 Å². The average molecular weight is 279 g/mol. The molecule has 0 spiro atoms. The molecule has 5 nitrogen and oxygen atoms in total. The fourth-order valence-electron chi connectivity index (χ4n) is 2.54. The van der Waals surface area contributed by atoms with Crippen molar-refractivity contribution >= 4 is 11.5 Å². The van der Waals surface area contributed by atoms with E-state index in [4.69, 9.17) is 10.5 Å². The zero-order valence-corrected chi connectivity index (χ0v) is 12.4. The Hall–Kier alpha value is -1.49. The molecular formula is C15H25N3O2. The molecule has 2 rings (SSSR count). The normalized spacial score (nSPS) is 18.1. The summed E-state index contributed by atoms with van der Waals surface area (Å²) in [5.74, 6) is 1.84. The number of hydrogen-bond donors (Lipinski definition) is 2. The Morgan fingerprint density at radius 2 is 2.15 bits per heavy atom. The van der Waals surface area contributed by atoms with Crippen LogP contribution in [0.15, 0.2) is 12.1 Å². The Morgan fingerprint density at radius 3 is 2.75 bits per heavy atom. The minimum Gasteiger partial charge on any atom is -0.476 e. The molecule has 2 heterocycles. The Bertz CT molecular complexity index is 429.